The van der Waals surface area contributed by atoms with Crippen LogP contribution >= 0.6 is 11.3 Å². The van der Waals surface area contributed by atoms with Gasteiger partial charge in [0.1, 0.15) is 11.3 Å². The number of rotatable bonds is 9. The second kappa shape index (κ2) is 10.4. The van der Waals surface area contributed by atoms with E-state index < -0.39 is 15.9 Å². The van der Waals surface area contributed by atoms with Crippen LogP contribution in [0.15, 0.2) is 52.4 Å². The Morgan fingerprint density at radius 2 is 1.72 bits per heavy atom. The number of thiazole rings is 1. The lowest BCUT2D eigenvalue weighted by molar-refractivity contribution is 0.0997. The van der Waals surface area contributed by atoms with E-state index >= 15 is 0 Å². The van der Waals surface area contributed by atoms with Crippen LogP contribution in [0.4, 0.5) is 0 Å². The van der Waals surface area contributed by atoms with Crippen LogP contribution in [0.5, 0.6) is 5.75 Å². The summed E-state index contributed by atoms with van der Waals surface area (Å²) >= 11 is 1.42. The number of sulfonamides is 1. The number of methoxy groups -OCH3 is 1. The Kier molecular flexibility index (Phi) is 7.86. The van der Waals surface area contributed by atoms with Crippen LogP contribution in [0.3, 0.4) is 0 Å². The lowest BCUT2D eigenvalue weighted by Gasteiger charge is -2.21. The van der Waals surface area contributed by atoms with Crippen LogP contribution in [-0.2, 0) is 16.6 Å². The highest BCUT2D eigenvalue weighted by Gasteiger charge is 2.23. The van der Waals surface area contributed by atoms with Gasteiger partial charge >= 0.3 is 0 Å². The molecule has 0 aliphatic heterocycles. The molecule has 0 fully saturated rings. The molecule has 1 aromatic heterocycles. The number of fused-ring (bicyclic) bond motifs is 1. The average molecular weight is 476 g/mol. The van der Waals surface area contributed by atoms with Crippen molar-refractivity contribution in [3.63, 3.8) is 0 Å². The van der Waals surface area contributed by atoms with Crippen molar-refractivity contribution in [2.75, 3.05) is 20.2 Å². The molecule has 0 spiro atoms. The largest absolute Gasteiger partial charge is 0.495 e. The predicted octanol–water partition coefficient (Wildman–Crippen LogP) is 4.28. The number of aromatic nitrogens is 1. The molecule has 0 saturated carbocycles. The van der Waals surface area contributed by atoms with Gasteiger partial charge in [-0.3, -0.25) is 4.79 Å². The third kappa shape index (κ3) is 4.79. The molecule has 3 aromatic rings. The van der Waals surface area contributed by atoms with Gasteiger partial charge in [0.2, 0.25) is 10.0 Å². The van der Waals surface area contributed by atoms with Crippen molar-refractivity contribution in [1.29, 1.82) is 0 Å². The molecule has 3 rings (SSSR count). The zero-order valence-corrected chi connectivity index (χ0v) is 20.5. The molecule has 0 saturated heterocycles. The first-order valence-electron chi connectivity index (χ1n) is 10.7. The molecule has 32 heavy (non-hydrogen) atoms. The minimum Gasteiger partial charge on any atom is -0.495 e. The van der Waals surface area contributed by atoms with Gasteiger partial charge in [-0.2, -0.15) is 9.30 Å². The second-order valence-corrected chi connectivity index (χ2v) is 10.2. The molecular formula is C23H29N3O4S2. The van der Waals surface area contributed by atoms with Gasteiger partial charge in [0, 0.05) is 25.2 Å². The fraction of sp³-hybridized carbons (Fsp3) is 0.391. The number of carbonyl (C=O) groups excluding carboxylic acids is 1. The first-order chi connectivity index (χ1) is 15.4. The Hall–Kier alpha value is -2.49. The van der Waals surface area contributed by atoms with E-state index in [0.717, 1.165) is 28.8 Å². The van der Waals surface area contributed by atoms with Gasteiger partial charge in [-0.05, 0) is 56.2 Å². The number of aryl methyl sites for hydroxylation is 1. The van der Waals surface area contributed by atoms with Crippen LogP contribution in [-0.4, -0.2) is 43.4 Å². The monoisotopic (exact) mass is 475 g/mol. The lowest BCUT2D eigenvalue weighted by atomic mass is 10.2. The maximum Gasteiger partial charge on any atom is 0.279 e. The highest BCUT2D eigenvalue weighted by molar-refractivity contribution is 7.89. The summed E-state index contributed by atoms with van der Waals surface area (Å²) in [5.74, 6) is 0.313. The van der Waals surface area contributed by atoms with E-state index in [-0.39, 0.29) is 4.90 Å². The van der Waals surface area contributed by atoms with E-state index in [2.05, 4.69) is 4.99 Å². The number of ether oxygens (including phenoxy) is 1. The Balaban J connectivity index is 1.96. The molecule has 0 atom stereocenters. The summed E-state index contributed by atoms with van der Waals surface area (Å²) in [6.45, 7) is 7.47. The lowest BCUT2D eigenvalue weighted by Crippen LogP contribution is -2.32. The van der Waals surface area contributed by atoms with Gasteiger partial charge < -0.3 is 9.30 Å². The molecule has 1 heterocycles. The number of para-hydroxylation sites is 1. The molecule has 0 aliphatic carbocycles. The van der Waals surface area contributed by atoms with Crippen molar-refractivity contribution < 1.29 is 17.9 Å². The fourth-order valence-corrected chi connectivity index (χ4v) is 6.30. The van der Waals surface area contributed by atoms with Crippen LogP contribution in [0.2, 0.25) is 0 Å². The molecular weight excluding hydrogens is 446 g/mol. The molecule has 2 aromatic carbocycles. The highest BCUT2D eigenvalue weighted by atomic mass is 32.2. The minimum absolute atomic E-state index is 0.186. The standard InChI is InChI=1S/C23H29N3O4S2/c1-5-15-25(16-6-2)32(28,29)18-13-11-17(12-14-18)22(27)24-23-26(7-3)21-19(30-4)9-8-10-20(21)31-23/h8-14H,5-7,15-16H2,1-4H3. The van der Waals surface area contributed by atoms with Crippen molar-refractivity contribution in [3.8, 4) is 5.75 Å². The quantitative estimate of drug-likeness (QED) is 0.463. The first-order valence-corrected chi connectivity index (χ1v) is 13.0. The Morgan fingerprint density at radius 1 is 1.06 bits per heavy atom. The van der Waals surface area contributed by atoms with Gasteiger partial charge in [0.15, 0.2) is 4.80 Å². The summed E-state index contributed by atoms with van der Waals surface area (Å²) < 4.78 is 35.7. The van der Waals surface area contributed by atoms with Gasteiger partial charge in [0.05, 0.1) is 16.7 Å². The topological polar surface area (TPSA) is 81.0 Å². The molecule has 7 nitrogen and oxygen atoms in total. The summed E-state index contributed by atoms with van der Waals surface area (Å²) in [6.07, 6.45) is 1.48. The number of hydrogen-bond acceptors (Lipinski definition) is 5. The van der Waals surface area contributed by atoms with Crippen molar-refractivity contribution in [3.05, 3.63) is 52.8 Å². The third-order valence-electron chi connectivity index (χ3n) is 5.08. The number of amides is 1. The summed E-state index contributed by atoms with van der Waals surface area (Å²) in [7, 11) is -1.97. The minimum atomic E-state index is -3.59. The Morgan fingerprint density at radius 3 is 2.28 bits per heavy atom. The predicted molar refractivity (Wildman–Crippen MR) is 128 cm³/mol. The van der Waals surface area contributed by atoms with Crippen molar-refractivity contribution in [1.82, 2.24) is 8.87 Å². The van der Waals surface area contributed by atoms with E-state index in [0.29, 0.717) is 30.0 Å². The molecule has 0 N–H and O–H groups in total. The highest BCUT2D eigenvalue weighted by Crippen LogP contribution is 2.27. The summed E-state index contributed by atoms with van der Waals surface area (Å²) in [5.41, 5.74) is 1.25. The Labute approximate surface area is 193 Å². The molecule has 0 aliphatic rings. The Bertz CT molecular complexity index is 1250. The maximum atomic E-state index is 12.9. The number of carbonyl (C=O) groups is 1. The van der Waals surface area contributed by atoms with Gasteiger partial charge in [0.25, 0.3) is 5.91 Å². The number of benzene rings is 2. The van der Waals surface area contributed by atoms with E-state index in [1.807, 2.05) is 43.5 Å². The zero-order valence-electron chi connectivity index (χ0n) is 18.9. The second-order valence-electron chi connectivity index (χ2n) is 7.28. The summed E-state index contributed by atoms with van der Waals surface area (Å²) in [6, 6.07) is 11.8. The molecule has 1 amide bonds. The van der Waals surface area contributed by atoms with Crippen molar-refractivity contribution >= 4 is 37.5 Å². The van der Waals surface area contributed by atoms with Crippen molar-refractivity contribution in [2.24, 2.45) is 4.99 Å². The van der Waals surface area contributed by atoms with Gasteiger partial charge in [-0.1, -0.05) is 31.3 Å². The maximum absolute atomic E-state index is 12.9. The van der Waals surface area contributed by atoms with Crippen molar-refractivity contribution in [2.45, 2.75) is 45.1 Å². The molecule has 0 radical (unpaired) electrons. The number of nitrogens with zero attached hydrogens (tertiary/aromatic N) is 3. The van der Waals surface area contributed by atoms with Crippen LogP contribution in [0, 0.1) is 0 Å². The van der Waals surface area contributed by atoms with Gasteiger partial charge in [-0.25, -0.2) is 8.42 Å². The first kappa shape index (κ1) is 24.2. The van der Waals surface area contributed by atoms with Crippen LogP contribution in [0.25, 0.3) is 10.2 Å². The van der Waals surface area contributed by atoms with E-state index in [9.17, 15) is 13.2 Å². The van der Waals surface area contributed by atoms with E-state index in [4.69, 9.17) is 4.74 Å². The SMILES string of the molecule is CCCN(CCC)S(=O)(=O)c1ccc(C(=O)N=c2sc3cccc(OC)c3n2CC)cc1. The zero-order chi connectivity index (χ0) is 23.3. The summed E-state index contributed by atoms with van der Waals surface area (Å²) in [5, 5.41) is 0. The van der Waals surface area contributed by atoms with E-state index in [1.165, 1.54) is 39.9 Å². The molecule has 0 bridgehead atoms. The third-order valence-corrected chi connectivity index (χ3v) is 8.04. The van der Waals surface area contributed by atoms with E-state index in [1.54, 1.807) is 7.11 Å². The average Bonchev–Trinajstić information content (AvgIpc) is 3.16. The van der Waals surface area contributed by atoms with Gasteiger partial charge in [-0.15, -0.1) is 0 Å². The molecule has 9 heteroatoms. The smallest absolute Gasteiger partial charge is 0.279 e. The van der Waals surface area contributed by atoms with Crippen LogP contribution in [0.1, 0.15) is 44.0 Å². The normalized spacial score (nSPS) is 12.6. The fourth-order valence-electron chi connectivity index (χ4n) is 3.56. The molecule has 0 unspecified atom stereocenters. The van der Waals surface area contributed by atoms with Crippen LogP contribution < -0.4 is 9.54 Å². The summed E-state index contributed by atoms with van der Waals surface area (Å²) in [4.78, 5) is 17.9. The number of hydrogen-bond donors (Lipinski definition) is 0. The molecule has 172 valence electrons.